The fourth-order valence-corrected chi connectivity index (χ4v) is 3.55. The molecule has 3 aromatic carbocycles. The first-order valence-corrected chi connectivity index (χ1v) is 9.22. The summed E-state index contributed by atoms with van der Waals surface area (Å²) in [5, 5.41) is 0. The number of nitrogens with zero attached hydrogens (tertiary/aromatic N) is 1. The largest absolute Gasteiger partial charge is 0.491 e. The Balaban J connectivity index is 1.60. The lowest BCUT2D eigenvalue weighted by Gasteiger charge is -2.12. The Hall–Kier alpha value is -2.87. The molecule has 1 aliphatic carbocycles. The number of aryl methyl sites for hydroxylation is 3. The number of fused-ring (bicyclic) bond motifs is 2. The smallest absolute Gasteiger partial charge is 0.122 e. The van der Waals surface area contributed by atoms with Crippen molar-refractivity contribution >= 4 is 5.71 Å². The van der Waals surface area contributed by atoms with Crippen LogP contribution >= 0.6 is 0 Å². The third-order valence-electron chi connectivity index (χ3n) is 4.92. The van der Waals surface area contributed by atoms with E-state index >= 15 is 0 Å². The van der Waals surface area contributed by atoms with E-state index in [4.69, 9.17) is 9.73 Å². The summed E-state index contributed by atoms with van der Waals surface area (Å²) in [5.74, 6) is 0.939. The topological polar surface area (TPSA) is 21.6 Å². The van der Waals surface area contributed by atoms with E-state index in [1.165, 1.54) is 22.3 Å². The van der Waals surface area contributed by atoms with Crippen LogP contribution in [0.1, 0.15) is 27.8 Å². The number of rotatable bonds is 4. The molecule has 0 radical (unpaired) electrons. The number of hydrogen-bond acceptors (Lipinski definition) is 2. The number of hydrogen-bond donors (Lipinski definition) is 0. The second-order valence-corrected chi connectivity index (χ2v) is 6.66. The van der Waals surface area contributed by atoms with Gasteiger partial charge in [0.1, 0.15) is 12.4 Å². The van der Waals surface area contributed by atoms with Gasteiger partial charge in [-0.05, 0) is 42.5 Å². The lowest BCUT2D eigenvalue weighted by Crippen LogP contribution is -2.10. The normalized spacial score (nSPS) is 12.7. The molecule has 0 aliphatic heterocycles. The van der Waals surface area contributed by atoms with Crippen molar-refractivity contribution in [3.05, 3.63) is 101 Å². The monoisotopic (exact) mass is 341 g/mol. The predicted molar refractivity (Wildman–Crippen MR) is 107 cm³/mol. The van der Waals surface area contributed by atoms with Gasteiger partial charge in [-0.2, -0.15) is 0 Å². The second-order valence-electron chi connectivity index (χ2n) is 6.66. The van der Waals surface area contributed by atoms with Gasteiger partial charge in [0.05, 0.1) is 12.3 Å². The van der Waals surface area contributed by atoms with Crippen molar-refractivity contribution in [1.29, 1.82) is 0 Å². The number of para-hydroxylation sites is 1. The van der Waals surface area contributed by atoms with Crippen LogP contribution < -0.4 is 4.74 Å². The summed E-state index contributed by atoms with van der Waals surface area (Å²) in [4.78, 5) is 4.96. The molecule has 0 fully saturated rings. The third-order valence-corrected chi connectivity index (χ3v) is 4.92. The molecule has 0 unspecified atom stereocenters. The highest BCUT2D eigenvalue weighted by Crippen LogP contribution is 2.25. The highest BCUT2D eigenvalue weighted by Gasteiger charge is 2.18. The molecule has 0 bridgehead atoms. The van der Waals surface area contributed by atoms with Crippen LogP contribution in [-0.4, -0.2) is 18.9 Å². The zero-order chi connectivity index (χ0) is 17.8. The molecule has 0 spiro atoms. The van der Waals surface area contributed by atoms with Crippen LogP contribution in [-0.2, 0) is 12.8 Å². The Kier molecular flexibility index (Phi) is 4.83. The van der Waals surface area contributed by atoms with E-state index in [0.717, 1.165) is 29.9 Å². The number of ether oxygens (including phenoxy) is 1. The highest BCUT2D eigenvalue weighted by molar-refractivity contribution is 6.15. The molecule has 0 aromatic heterocycles. The van der Waals surface area contributed by atoms with Crippen molar-refractivity contribution in [1.82, 2.24) is 0 Å². The predicted octanol–water partition coefficient (Wildman–Crippen LogP) is 5.01. The zero-order valence-corrected chi connectivity index (χ0v) is 15.1. The molecule has 4 rings (SSSR count). The van der Waals surface area contributed by atoms with E-state index in [1.54, 1.807) is 0 Å². The van der Waals surface area contributed by atoms with Gasteiger partial charge in [-0.15, -0.1) is 0 Å². The first-order valence-electron chi connectivity index (χ1n) is 9.22. The van der Waals surface area contributed by atoms with E-state index in [1.807, 2.05) is 18.2 Å². The third kappa shape index (κ3) is 3.41. The first-order chi connectivity index (χ1) is 12.8. The average Bonchev–Trinajstić information content (AvgIpc) is 2.84. The van der Waals surface area contributed by atoms with Gasteiger partial charge >= 0.3 is 0 Å². The van der Waals surface area contributed by atoms with E-state index in [-0.39, 0.29) is 0 Å². The fraction of sp³-hybridized carbons (Fsp3) is 0.208. The Morgan fingerprint density at radius 3 is 2.00 bits per heavy atom. The molecule has 26 heavy (non-hydrogen) atoms. The van der Waals surface area contributed by atoms with Crippen molar-refractivity contribution in [3.63, 3.8) is 0 Å². The van der Waals surface area contributed by atoms with Crippen molar-refractivity contribution in [2.45, 2.75) is 19.8 Å². The van der Waals surface area contributed by atoms with Gasteiger partial charge in [-0.1, -0.05) is 66.7 Å². The molecule has 0 atom stereocenters. The van der Waals surface area contributed by atoms with Crippen molar-refractivity contribution in [3.8, 4) is 5.75 Å². The van der Waals surface area contributed by atoms with Crippen molar-refractivity contribution < 1.29 is 4.74 Å². The van der Waals surface area contributed by atoms with Crippen LogP contribution in [0.25, 0.3) is 0 Å². The summed E-state index contributed by atoms with van der Waals surface area (Å²) in [6.45, 7) is 3.30. The summed E-state index contributed by atoms with van der Waals surface area (Å²) in [6, 6.07) is 25.4. The van der Waals surface area contributed by atoms with Gasteiger partial charge in [-0.25, -0.2) is 0 Å². The highest BCUT2D eigenvalue weighted by atomic mass is 16.5. The number of aliphatic imine (C=N–C) groups is 1. The summed E-state index contributed by atoms with van der Waals surface area (Å²) in [5.41, 5.74) is 7.53. The minimum atomic E-state index is 0.582. The Bertz CT molecular complexity index is 893. The maximum absolute atomic E-state index is 5.93. The molecule has 3 aromatic rings. The van der Waals surface area contributed by atoms with Crippen LogP contribution in [0.15, 0.2) is 77.8 Å². The summed E-state index contributed by atoms with van der Waals surface area (Å²) in [7, 11) is 0. The molecule has 0 amide bonds. The molecule has 0 saturated carbocycles. The molecule has 130 valence electrons. The van der Waals surface area contributed by atoms with E-state index in [9.17, 15) is 0 Å². The van der Waals surface area contributed by atoms with E-state index in [0.29, 0.717) is 13.2 Å². The van der Waals surface area contributed by atoms with Gasteiger partial charge < -0.3 is 4.74 Å². The first kappa shape index (κ1) is 16.6. The second kappa shape index (κ2) is 7.57. The van der Waals surface area contributed by atoms with Crippen LogP contribution in [0.5, 0.6) is 5.75 Å². The van der Waals surface area contributed by atoms with Crippen LogP contribution in [0.3, 0.4) is 0 Å². The summed E-state index contributed by atoms with van der Waals surface area (Å²) >= 11 is 0. The van der Waals surface area contributed by atoms with Crippen LogP contribution in [0.4, 0.5) is 0 Å². The molecule has 0 N–H and O–H groups in total. The van der Waals surface area contributed by atoms with Crippen LogP contribution in [0, 0.1) is 6.92 Å². The van der Waals surface area contributed by atoms with Gasteiger partial charge in [0.25, 0.3) is 0 Å². The molecule has 0 saturated heterocycles. The Labute approximate surface area is 155 Å². The summed E-state index contributed by atoms with van der Waals surface area (Å²) < 4.78 is 5.93. The minimum absolute atomic E-state index is 0.582. The van der Waals surface area contributed by atoms with Crippen molar-refractivity contribution in [2.24, 2.45) is 4.99 Å². The summed E-state index contributed by atoms with van der Waals surface area (Å²) in [6.07, 6.45) is 2.12. The van der Waals surface area contributed by atoms with Crippen molar-refractivity contribution in [2.75, 3.05) is 13.2 Å². The number of benzene rings is 3. The lowest BCUT2D eigenvalue weighted by molar-refractivity contribution is 0.326. The maximum atomic E-state index is 5.93. The molecule has 2 heteroatoms. The minimum Gasteiger partial charge on any atom is -0.491 e. The quantitative estimate of drug-likeness (QED) is 0.611. The SMILES string of the molecule is Cc1ccccc1OCCN=C1c2ccccc2CCc2ccccc21. The molecule has 2 nitrogen and oxygen atoms in total. The van der Waals surface area contributed by atoms with Crippen LogP contribution in [0.2, 0.25) is 0 Å². The molecule has 0 heterocycles. The van der Waals surface area contributed by atoms with Gasteiger partial charge in [0.15, 0.2) is 0 Å². The molecule has 1 aliphatic rings. The Morgan fingerprint density at radius 1 is 0.769 bits per heavy atom. The van der Waals surface area contributed by atoms with E-state index < -0.39 is 0 Å². The fourth-order valence-electron chi connectivity index (χ4n) is 3.55. The van der Waals surface area contributed by atoms with Gasteiger partial charge in [-0.3, -0.25) is 4.99 Å². The average molecular weight is 341 g/mol. The van der Waals surface area contributed by atoms with Gasteiger partial charge in [0, 0.05) is 11.1 Å². The zero-order valence-electron chi connectivity index (χ0n) is 15.1. The van der Waals surface area contributed by atoms with E-state index in [2.05, 4.69) is 61.5 Å². The lowest BCUT2D eigenvalue weighted by atomic mass is 9.98. The molecular weight excluding hydrogens is 318 g/mol. The standard InChI is InChI=1S/C24H23NO/c1-18-8-2-7-13-23(18)26-17-16-25-24-21-11-5-3-9-19(21)14-15-20-10-4-6-12-22(20)24/h2-13H,14-17H2,1H3. The Morgan fingerprint density at radius 2 is 1.35 bits per heavy atom. The molecular formula is C24H23NO. The van der Waals surface area contributed by atoms with Gasteiger partial charge in [0.2, 0.25) is 0 Å². The maximum Gasteiger partial charge on any atom is 0.122 e.